The van der Waals surface area contributed by atoms with Crippen molar-refractivity contribution in [3.8, 4) is 0 Å². The molecule has 0 spiro atoms. The number of aromatic nitrogens is 2. The molecule has 138 valence electrons. The van der Waals surface area contributed by atoms with Crippen LogP contribution in [0.2, 0.25) is 0 Å². The molecule has 1 aromatic heterocycles. The van der Waals surface area contributed by atoms with E-state index in [2.05, 4.69) is 20.4 Å². The van der Waals surface area contributed by atoms with Crippen LogP contribution in [0.5, 0.6) is 0 Å². The number of likely N-dealkylation sites (tertiary alicyclic amines) is 1. The lowest BCUT2D eigenvalue weighted by atomic mass is 9.85. The van der Waals surface area contributed by atoms with Crippen LogP contribution in [0.25, 0.3) is 0 Å². The number of nitrogens with one attached hydrogen (secondary N) is 1. The van der Waals surface area contributed by atoms with Gasteiger partial charge in [0, 0.05) is 25.1 Å². The number of hydrogen-bond donors (Lipinski definition) is 1. The number of carbonyl (C=O) groups excluding carboxylic acids is 1. The fourth-order valence-electron chi connectivity index (χ4n) is 3.80. The standard InChI is InChI=1S/C20H26N4O2/c1-21-18(25)15-10-8-14(9-11-15)13-24-12-3-2-7-17(24)20-23-22-19(26-20)16-5-4-6-16/h8-11,16-17H,2-7,12-13H2,1H3,(H,21,25)/t17-/m0/s1. The van der Waals surface area contributed by atoms with E-state index in [1.807, 2.05) is 24.3 Å². The second kappa shape index (κ2) is 7.58. The van der Waals surface area contributed by atoms with Crippen molar-refractivity contribution in [2.24, 2.45) is 0 Å². The summed E-state index contributed by atoms with van der Waals surface area (Å²) in [4.78, 5) is 14.1. The summed E-state index contributed by atoms with van der Waals surface area (Å²) < 4.78 is 6.04. The van der Waals surface area contributed by atoms with E-state index < -0.39 is 0 Å². The summed E-state index contributed by atoms with van der Waals surface area (Å²) in [6.07, 6.45) is 7.06. The zero-order chi connectivity index (χ0) is 17.9. The summed E-state index contributed by atoms with van der Waals surface area (Å²) >= 11 is 0. The summed E-state index contributed by atoms with van der Waals surface area (Å²) in [5.74, 6) is 2.02. The van der Waals surface area contributed by atoms with Crippen LogP contribution in [-0.2, 0) is 6.54 Å². The highest BCUT2D eigenvalue weighted by Crippen LogP contribution is 2.38. The average molecular weight is 354 g/mol. The van der Waals surface area contributed by atoms with E-state index >= 15 is 0 Å². The third kappa shape index (κ3) is 3.51. The van der Waals surface area contributed by atoms with Crippen molar-refractivity contribution < 1.29 is 9.21 Å². The smallest absolute Gasteiger partial charge is 0.251 e. The van der Waals surface area contributed by atoms with Crippen molar-refractivity contribution in [2.45, 2.75) is 57.0 Å². The van der Waals surface area contributed by atoms with Gasteiger partial charge in [0.05, 0.1) is 6.04 Å². The van der Waals surface area contributed by atoms with Gasteiger partial charge >= 0.3 is 0 Å². The first kappa shape index (κ1) is 17.2. The fraction of sp³-hybridized carbons (Fsp3) is 0.550. The maximum atomic E-state index is 11.7. The molecule has 1 aliphatic carbocycles. The monoisotopic (exact) mass is 354 g/mol. The minimum atomic E-state index is -0.0539. The summed E-state index contributed by atoms with van der Waals surface area (Å²) in [5.41, 5.74) is 1.89. The highest BCUT2D eigenvalue weighted by atomic mass is 16.4. The molecular weight excluding hydrogens is 328 g/mol. The Morgan fingerprint density at radius 1 is 1.12 bits per heavy atom. The molecule has 2 fully saturated rings. The Hall–Kier alpha value is -2.21. The van der Waals surface area contributed by atoms with Gasteiger partial charge in [-0.25, -0.2) is 0 Å². The van der Waals surface area contributed by atoms with Gasteiger partial charge in [-0.15, -0.1) is 10.2 Å². The topological polar surface area (TPSA) is 71.3 Å². The Labute approximate surface area is 154 Å². The zero-order valence-electron chi connectivity index (χ0n) is 15.3. The van der Waals surface area contributed by atoms with Crippen molar-refractivity contribution >= 4 is 5.91 Å². The van der Waals surface area contributed by atoms with Crippen LogP contribution in [0.15, 0.2) is 28.7 Å². The van der Waals surface area contributed by atoms with Gasteiger partial charge in [-0.1, -0.05) is 25.0 Å². The van der Waals surface area contributed by atoms with Crippen molar-refractivity contribution in [3.63, 3.8) is 0 Å². The molecule has 2 aliphatic rings. The molecular formula is C20H26N4O2. The highest BCUT2D eigenvalue weighted by molar-refractivity contribution is 5.93. The van der Waals surface area contributed by atoms with E-state index in [1.54, 1.807) is 7.05 Å². The Bertz CT molecular complexity index is 751. The van der Waals surface area contributed by atoms with Crippen LogP contribution in [-0.4, -0.2) is 34.6 Å². The highest BCUT2D eigenvalue weighted by Gasteiger charge is 2.31. The minimum Gasteiger partial charge on any atom is -0.423 e. The van der Waals surface area contributed by atoms with Crippen LogP contribution in [0, 0.1) is 0 Å². The largest absolute Gasteiger partial charge is 0.423 e. The SMILES string of the molecule is CNC(=O)c1ccc(CN2CCCC[C@H]2c2nnc(C3CCC3)o2)cc1. The molecule has 1 N–H and O–H groups in total. The van der Waals surface area contributed by atoms with Gasteiger partial charge in [-0.2, -0.15) is 0 Å². The molecule has 2 aromatic rings. The number of amides is 1. The van der Waals surface area contributed by atoms with Gasteiger partial charge < -0.3 is 9.73 Å². The maximum absolute atomic E-state index is 11.7. The number of piperidine rings is 1. The fourth-order valence-corrected chi connectivity index (χ4v) is 3.80. The van der Waals surface area contributed by atoms with Crippen molar-refractivity contribution in [3.05, 3.63) is 47.2 Å². The number of benzene rings is 1. The van der Waals surface area contributed by atoms with Crippen LogP contribution < -0.4 is 5.32 Å². The minimum absolute atomic E-state index is 0.0539. The van der Waals surface area contributed by atoms with Gasteiger partial charge in [-0.05, 0) is 49.9 Å². The lowest BCUT2D eigenvalue weighted by molar-refractivity contribution is 0.0963. The molecule has 6 nitrogen and oxygen atoms in total. The van der Waals surface area contributed by atoms with E-state index in [0.29, 0.717) is 11.5 Å². The van der Waals surface area contributed by atoms with E-state index in [-0.39, 0.29) is 11.9 Å². The van der Waals surface area contributed by atoms with Crippen molar-refractivity contribution in [1.82, 2.24) is 20.4 Å². The van der Waals surface area contributed by atoms with Gasteiger partial charge in [0.25, 0.3) is 5.91 Å². The zero-order valence-corrected chi connectivity index (χ0v) is 15.3. The molecule has 0 radical (unpaired) electrons. The molecule has 1 amide bonds. The van der Waals surface area contributed by atoms with Gasteiger partial charge in [0.1, 0.15) is 0 Å². The normalized spacial score (nSPS) is 21.3. The van der Waals surface area contributed by atoms with Crippen molar-refractivity contribution in [2.75, 3.05) is 13.6 Å². The van der Waals surface area contributed by atoms with Gasteiger partial charge in [0.2, 0.25) is 11.8 Å². The second-order valence-electron chi connectivity index (χ2n) is 7.36. The summed E-state index contributed by atoms with van der Waals surface area (Å²) in [6.45, 7) is 1.86. The molecule has 1 saturated heterocycles. The molecule has 26 heavy (non-hydrogen) atoms. The molecule has 1 atom stereocenters. The Balaban J connectivity index is 1.47. The predicted octanol–water partition coefficient (Wildman–Crippen LogP) is 3.42. The predicted molar refractivity (Wildman–Crippen MR) is 97.7 cm³/mol. The van der Waals surface area contributed by atoms with Crippen molar-refractivity contribution in [1.29, 1.82) is 0 Å². The van der Waals surface area contributed by atoms with Gasteiger partial charge in [0.15, 0.2) is 0 Å². The molecule has 0 unspecified atom stereocenters. The second-order valence-corrected chi connectivity index (χ2v) is 7.36. The Kier molecular flexibility index (Phi) is 5.02. The van der Waals surface area contributed by atoms with Crippen LogP contribution in [0.4, 0.5) is 0 Å². The van der Waals surface area contributed by atoms with E-state index in [0.717, 1.165) is 31.3 Å². The number of nitrogens with zero attached hydrogens (tertiary/aromatic N) is 3. The Morgan fingerprint density at radius 3 is 2.58 bits per heavy atom. The third-order valence-electron chi connectivity index (χ3n) is 5.64. The summed E-state index contributed by atoms with van der Waals surface area (Å²) in [5, 5.41) is 11.3. The first-order valence-electron chi connectivity index (χ1n) is 9.63. The molecule has 6 heteroatoms. The lowest BCUT2D eigenvalue weighted by Gasteiger charge is -2.33. The van der Waals surface area contributed by atoms with E-state index in [4.69, 9.17) is 4.42 Å². The summed E-state index contributed by atoms with van der Waals surface area (Å²) in [6, 6.07) is 8.03. The average Bonchev–Trinajstić information content (AvgIpc) is 3.10. The van der Waals surface area contributed by atoms with Crippen LogP contribution in [0.1, 0.15) is 78.2 Å². The molecule has 1 aliphatic heterocycles. The maximum Gasteiger partial charge on any atom is 0.251 e. The Morgan fingerprint density at radius 2 is 1.88 bits per heavy atom. The first-order chi connectivity index (χ1) is 12.7. The first-order valence-corrected chi connectivity index (χ1v) is 9.63. The number of hydrogen-bond acceptors (Lipinski definition) is 5. The molecule has 1 saturated carbocycles. The van der Waals surface area contributed by atoms with Gasteiger partial charge in [-0.3, -0.25) is 9.69 Å². The molecule has 0 bridgehead atoms. The number of carbonyl (C=O) groups is 1. The lowest BCUT2D eigenvalue weighted by Crippen LogP contribution is -2.33. The van der Waals surface area contributed by atoms with E-state index in [9.17, 15) is 4.79 Å². The quantitative estimate of drug-likeness (QED) is 0.891. The summed E-state index contributed by atoms with van der Waals surface area (Å²) in [7, 11) is 1.65. The molecule has 4 rings (SSSR count). The van der Waals surface area contributed by atoms with Crippen LogP contribution in [0.3, 0.4) is 0 Å². The molecule has 1 aromatic carbocycles. The third-order valence-corrected chi connectivity index (χ3v) is 5.64. The van der Waals surface area contributed by atoms with Crippen LogP contribution >= 0.6 is 0 Å². The molecule has 2 heterocycles. The number of rotatable bonds is 5. The van der Waals surface area contributed by atoms with E-state index in [1.165, 1.54) is 37.7 Å².